The first-order valence-corrected chi connectivity index (χ1v) is 7.64. The molecule has 0 fully saturated rings. The molecular formula is C10H18N4OS2. The Morgan fingerprint density at radius 1 is 1.59 bits per heavy atom. The molecular weight excluding hydrogens is 256 g/mol. The molecule has 0 radical (unpaired) electrons. The molecule has 1 N–H and O–H groups in total. The second kappa shape index (κ2) is 6.80. The highest BCUT2D eigenvalue weighted by Gasteiger charge is 2.16. The zero-order valence-electron chi connectivity index (χ0n) is 10.6. The average molecular weight is 274 g/mol. The van der Waals surface area contributed by atoms with Gasteiger partial charge in [-0.25, -0.2) is 4.79 Å². The van der Waals surface area contributed by atoms with Crippen LogP contribution in [0.4, 0.5) is 9.93 Å². The van der Waals surface area contributed by atoms with Crippen LogP contribution in [-0.2, 0) is 6.42 Å². The Hall–Kier alpha value is -0.820. The standard InChI is InChI=1S/C10H18N4OS2/c1-5-8-12-13-9(17-8)11-10(15)14(3)7(2)6-16-4/h7H,5-6H2,1-4H3,(H,11,13,15). The SMILES string of the molecule is CCc1nnc(NC(=O)N(C)C(C)CSC)s1. The molecule has 0 aliphatic carbocycles. The van der Waals surface area contributed by atoms with Crippen molar-refractivity contribution >= 4 is 34.3 Å². The van der Waals surface area contributed by atoms with Gasteiger partial charge in [0.15, 0.2) is 0 Å². The van der Waals surface area contributed by atoms with E-state index in [0.29, 0.717) is 5.13 Å². The number of anilines is 1. The number of amides is 2. The summed E-state index contributed by atoms with van der Waals surface area (Å²) in [5.41, 5.74) is 0. The summed E-state index contributed by atoms with van der Waals surface area (Å²) in [6.45, 7) is 4.03. The molecule has 1 unspecified atom stereocenters. The van der Waals surface area contributed by atoms with Crippen LogP contribution in [0.5, 0.6) is 0 Å². The Morgan fingerprint density at radius 2 is 2.29 bits per heavy atom. The van der Waals surface area contributed by atoms with E-state index in [0.717, 1.165) is 17.2 Å². The van der Waals surface area contributed by atoms with Crippen molar-refractivity contribution in [2.45, 2.75) is 26.3 Å². The largest absolute Gasteiger partial charge is 0.324 e. The van der Waals surface area contributed by atoms with Crippen LogP contribution in [0.3, 0.4) is 0 Å². The van der Waals surface area contributed by atoms with Gasteiger partial charge in [0, 0.05) is 18.8 Å². The summed E-state index contributed by atoms with van der Waals surface area (Å²) < 4.78 is 0. The Morgan fingerprint density at radius 3 is 2.82 bits per heavy atom. The maximum absolute atomic E-state index is 11.9. The van der Waals surface area contributed by atoms with Crippen LogP contribution in [0.2, 0.25) is 0 Å². The number of nitrogens with one attached hydrogen (secondary N) is 1. The van der Waals surface area contributed by atoms with Crippen molar-refractivity contribution in [2.75, 3.05) is 24.4 Å². The molecule has 0 aliphatic heterocycles. The lowest BCUT2D eigenvalue weighted by molar-refractivity contribution is 0.212. The number of carbonyl (C=O) groups excluding carboxylic acids is 1. The van der Waals surface area contributed by atoms with Crippen molar-refractivity contribution in [1.82, 2.24) is 15.1 Å². The van der Waals surface area contributed by atoms with Gasteiger partial charge in [0.25, 0.3) is 0 Å². The highest BCUT2D eigenvalue weighted by molar-refractivity contribution is 7.98. The van der Waals surface area contributed by atoms with Gasteiger partial charge in [-0.1, -0.05) is 18.3 Å². The molecule has 17 heavy (non-hydrogen) atoms. The van der Waals surface area contributed by atoms with Gasteiger partial charge in [-0.15, -0.1) is 10.2 Å². The van der Waals surface area contributed by atoms with Crippen LogP contribution in [0.1, 0.15) is 18.9 Å². The fourth-order valence-corrected chi connectivity index (χ4v) is 2.55. The zero-order valence-corrected chi connectivity index (χ0v) is 12.2. The topological polar surface area (TPSA) is 58.1 Å². The predicted molar refractivity (Wildman–Crippen MR) is 73.9 cm³/mol. The van der Waals surface area contributed by atoms with Crippen LogP contribution < -0.4 is 5.32 Å². The Bertz CT molecular complexity index is 369. The molecule has 5 nitrogen and oxygen atoms in total. The predicted octanol–water partition coefficient (Wildman–Crippen LogP) is 2.32. The van der Waals surface area contributed by atoms with Gasteiger partial charge in [-0.3, -0.25) is 5.32 Å². The van der Waals surface area contributed by atoms with Crippen LogP contribution in [0, 0.1) is 0 Å². The van der Waals surface area contributed by atoms with Crippen molar-refractivity contribution in [3.63, 3.8) is 0 Å². The number of hydrogen-bond donors (Lipinski definition) is 1. The average Bonchev–Trinajstić information content (AvgIpc) is 2.76. The fourth-order valence-electron chi connectivity index (χ4n) is 1.18. The molecule has 0 bridgehead atoms. The summed E-state index contributed by atoms with van der Waals surface area (Å²) in [4.78, 5) is 13.6. The number of thioether (sulfide) groups is 1. The molecule has 1 heterocycles. The van der Waals surface area contributed by atoms with Crippen molar-refractivity contribution in [3.8, 4) is 0 Å². The minimum Gasteiger partial charge on any atom is -0.324 e. The van der Waals surface area contributed by atoms with E-state index < -0.39 is 0 Å². The molecule has 7 heteroatoms. The first kappa shape index (κ1) is 14.2. The third-order valence-corrected chi connectivity index (χ3v) is 4.17. The lowest BCUT2D eigenvalue weighted by Crippen LogP contribution is -2.39. The van der Waals surface area contributed by atoms with Gasteiger partial charge in [0.1, 0.15) is 5.01 Å². The van der Waals surface area contributed by atoms with E-state index in [1.807, 2.05) is 20.1 Å². The zero-order chi connectivity index (χ0) is 12.8. The number of carbonyl (C=O) groups is 1. The van der Waals surface area contributed by atoms with E-state index in [1.165, 1.54) is 11.3 Å². The van der Waals surface area contributed by atoms with E-state index in [2.05, 4.69) is 15.5 Å². The maximum Gasteiger partial charge on any atom is 0.323 e. The molecule has 0 spiro atoms. The summed E-state index contributed by atoms with van der Waals surface area (Å²) in [6.07, 6.45) is 2.87. The van der Waals surface area contributed by atoms with Gasteiger partial charge in [0.2, 0.25) is 5.13 Å². The molecule has 1 aromatic rings. The molecule has 96 valence electrons. The lowest BCUT2D eigenvalue weighted by atomic mass is 10.3. The monoisotopic (exact) mass is 274 g/mol. The van der Waals surface area contributed by atoms with Crippen molar-refractivity contribution in [2.24, 2.45) is 0 Å². The normalized spacial score (nSPS) is 12.2. The summed E-state index contributed by atoms with van der Waals surface area (Å²) in [5, 5.41) is 12.1. The first-order chi connectivity index (χ1) is 8.08. The number of urea groups is 1. The summed E-state index contributed by atoms with van der Waals surface area (Å²) in [5.74, 6) is 0.917. The van der Waals surface area contributed by atoms with Crippen LogP contribution in [-0.4, -0.2) is 46.2 Å². The second-order valence-corrected chi connectivity index (χ2v) is 5.67. The molecule has 0 aliphatic rings. The third kappa shape index (κ3) is 4.16. The van der Waals surface area contributed by atoms with Crippen molar-refractivity contribution in [1.29, 1.82) is 0 Å². The van der Waals surface area contributed by atoms with E-state index >= 15 is 0 Å². The molecule has 1 rings (SSSR count). The quantitative estimate of drug-likeness (QED) is 0.895. The molecule has 0 saturated carbocycles. The van der Waals surface area contributed by atoms with E-state index in [-0.39, 0.29) is 12.1 Å². The van der Waals surface area contributed by atoms with E-state index in [4.69, 9.17) is 0 Å². The van der Waals surface area contributed by atoms with Crippen molar-refractivity contribution in [3.05, 3.63) is 5.01 Å². The number of hydrogen-bond acceptors (Lipinski definition) is 5. The van der Waals surface area contributed by atoms with Crippen LogP contribution >= 0.6 is 23.1 Å². The summed E-state index contributed by atoms with van der Waals surface area (Å²) >= 11 is 3.14. The highest BCUT2D eigenvalue weighted by atomic mass is 32.2. The molecule has 1 atom stereocenters. The molecule has 2 amide bonds. The molecule has 1 aromatic heterocycles. The molecule has 0 aromatic carbocycles. The highest BCUT2D eigenvalue weighted by Crippen LogP contribution is 2.16. The second-order valence-electron chi connectivity index (χ2n) is 3.70. The maximum atomic E-state index is 11.9. The third-order valence-electron chi connectivity index (χ3n) is 2.37. The minimum atomic E-state index is -0.134. The Kier molecular flexibility index (Phi) is 5.70. The number of aryl methyl sites for hydroxylation is 1. The van der Waals surface area contributed by atoms with Crippen molar-refractivity contribution < 1.29 is 4.79 Å². The number of aromatic nitrogens is 2. The van der Waals surface area contributed by atoms with E-state index in [9.17, 15) is 4.79 Å². The number of rotatable bonds is 5. The summed E-state index contributed by atoms with van der Waals surface area (Å²) in [7, 11) is 1.79. The first-order valence-electron chi connectivity index (χ1n) is 5.43. The molecule has 0 saturated heterocycles. The van der Waals surface area contributed by atoms with Gasteiger partial charge in [-0.05, 0) is 19.6 Å². The van der Waals surface area contributed by atoms with Crippen LogP contribution in [0.25, 0.3) is 0 Å². The number of nitrogens with zero attached hydrogens (tertiary/aromatic N) is 3. The van der Waals surface area contributed by atoms with Gasteiger partial charge >= 0.3 is 6.03 Å². The van der Waals surface area contributed by atoms with Gasteiger partial charge in [0.05, 0.1) is 0 Å². The summed E-state index contributed by atoms with van der Waals surface area (Å²) in [6, 6.07) is 0.0638. The minimum absolute atomic E-state index is 0.134. The smallest absolute Gasteiger partial charge is 0.323 e. The Balaban J connectivity index is 2.53. The van der Waals surface area contributed by atoms with Gasteiger partial charge < -0.3 is 4.90 Å². The van der Waals surface area contributed by atoms with Crippen LogP contribution in [0.15, 0.2) is 0 Å². The fraction of sp³-hybridized carbons (Fsp3) is 0.700. The van der Waals surface area contributed by atoms with E-state index in [1.54, 1.807) is 23.7 Å². The lowest BCUT2D eigenvalue weighted by Gasteiger charge is -2.23. The Labute approximate surface area is 110 Å². The van der Waals surface area contributed by atoms with Gasteiger partial charge in [-0.2, -0.15) is 11.8 Å².